The lowest BCUT2D eigenvalue weighted by Gasteiger charge is -2.22. The van der Waals surface area contributed by atoms with Crippen molar-refractivity contribution in [3.8, 4) is 0 Å². The van der Waals surface area contributed by atoms with E-state index in [9.17, 15) is 9.59 Å². The third-order valence-electron chi connectivity index (χ3n) is 5.87. The number of aromatic nitrogens is 1. The maximum atomic E-state index is 12.6. The van der Waals surface area contributed by atoms with Gasteiger partial charge in [-0.3, -0.25) is 4.79 Å². The topological polar surface area (TPSA) is 54.3 Å². The van der Waals surface area contributed by atoms with Gasteiger partial charge in [0.05, 0.1) is 6.54 Å². The summed E-state index contributed by atoms with van der Waals surface area (Å²) in [6.07, 6.45) is 1.75. The van der Waals surface area contributed by atoms with Crippen molar-refractivity contribution in [1.82, 2.24) is 9.47 Å². The molecular formula is C20H23N3O2. The van der Waals surface area contributed by atoms with Gasteiger partial charge in [-0.2, -0.15) is 0 Å². The first-order chi connectivity index (χ1) is 12.0. The van der Waals surface area contributed by atoms with Crippen LogP contribution in [0.25, 0.3) is 0 Å². The molecule has 130 valence electrons. The van der Waals surface area contributed by atoms with E-state index in [4.69, 9.17) is 0 Å². The zero-order valence-electron chi connectivity index (χ0n) is 14.6. The monoisotopic (exact) mass is 337 g/mol. The number of hydrogen-bond donors (Lipinski definition) is 1. The smallest absolute Gasteiger partial charge is 0.322 e. The molecule has 0 bridgehead atoms. The number of anilines is 1. The Bertz CT molecular complexity index is 843. The Kier molecular flexibility index (Phi) is 3.67. The van der Waals surface area contributed by atoms with E-state index in [0.717, 1.165) is 18.7 Å². The molecule has 2 heterocycles. The molecule has 5 nitrogen and oxygen atoms in total. The molecule has 1 aromatic heterocycles. The Balaban J connectivity index is 1.45. The molecule has 0 radical (unpaired) electrons. The molecular weight excluding hydrogens is 314 g/mol. The number of urea groups is 1. The highest BCUT2D eigenvalue weighted by Gasteiger charge is 2.62. The molecule has 1 saturated heterocycles. The van der Waals surface area contributed by atoms with Gasteiger partial charge < -0.3 is 14.8 Å². The first-order valence-electron chi connectivity index (χ1n) is 8.76. The summed E-state index contributed by atoms with van der Waals surface area (Å²) in [7, 11) is 0. The minimum absolute atomic E-state index is 0.169. The maximum absolute atomic E-state index is 12.6. The van der Waals surface area contributed by atoms with Crippen molar-refractivity contribution in [3.05, 3.63) is 64.6 Å². The number of likely N-dealkylation sites (tertiary alicyclic amines) is 1. The number of pyridine rings is 1. The molecule has 2 atom stereocenters. The molecule has 25 heavy (non-hydrogen) atoms. The van der Waals surface area contributed by atoms with Crippen molar-refractivity contribution < 1.29 is 4.79 Å². The number of benzene rings is 1. The summed E-state index contributed by atoms with van der Waals surface area (Å²) in [6, 6.07) is 13.1. The Morgan fingerprint density at radius 3 is 2.48 bits per heavy atom. The fourth-order valence-corrected chi connectivity index (χ4v) is 4.03. The van der Waals surface area contributed by atoms with Gasteiger partial charge in [-0.1, -0.05) is 44.2 Å². The molecule has 2 aliphatic rings. The van der Waals surface area contributed by atoms with E-state index in [1.807, 2.05) is 35.2 Å². The van der Waals surface area contributed by atoms with Crippen LogP contribution in [0.1, 0.15) is 19.4 Å². The van der Waals surface area contributed by atoms with Gasteiger partial charge in [0.1, 0.15) is 5.69 Å². The zero-order valence-corrected chi connectivity index (χ0v) is 14.6. The van der Waals surface area contributed by atoms with Gasteiger partial charge in [-0.05, 0) is 34.9 Å². The van der Waals surface area contributed by atoms with Crippen LogP contribution in [0.5, 0.6) is 0 Å². The van der Waals surface area contributed by atoms with Gasteiger partial charge in [-0.25, -0.2) is 4.79 Å². The molecule has 1 aliphatic heterocycles. The van der Waals surface area contributed by atoms with Crippen molar-refractivity contribution in [1.29, 1.82) is 0 Å². The number of nitrogens with zero attached hydrogens (tertiary/aromatic N) is 2. The minimum Gasteiger partial charge on any atom is -0.324 e. The molecule has 2 amide bonds. The summed E-state index contributed by atoms with van der Waals surface area (Å²) in [5.41, 5.74) is 1.58. The van der Waals surface area contributed by atoms with Crippen LogP contribution < -0.4 is 10.9 Å². The second kappa shape index (κ2) is 5.76. The Labute approximate surface area is 147 Å². The fraction of sp³-hybridized carbons (Fsp3) is 0.400. The van der Waals surface area contributed by atoms with Crippen LogP contribution in [0.2, 0.25) is 0 Å². The predicted molar refractivity (Wildman–Crippen MR) is 97.6 cm³/mol. The Hall–Kier alpha value is -2.56. The first-order valence-corrected chi connectivity index (χ1v) is 8.76. The van der Waals surface area contributed by atoms with Gasteiger partial charge in [0.25, 0.3) is 5.56 Å². The molecule has 2 aromatic rings. The van der Waals surface area contributed by atoms with Gasteiger partial charge in [0, 0.05) is 19.3 Å². The number of carbonyl (C=O) groups excluding carboxylic acids is 1. The van der Waals surface area contributed by atoms with Crippen LogP contribution in [0.3, 0.4) is 0 Å². The first kappa shape index (κ1) is 15.9. The second-order valence-corrected chi connectivity index (χ2v) is 7.71. The largest absolute Gasteiger partial charge is 0.324 e. The third-order valence-corrected chi connectivity index (χ3v) is 5.87. The summed E-state index contributed by atoms with van der Waals surface area (Å²) < 4.78 is 1.62. The van der Waals surface area contributed by atoms with E-state index in [0.29, 0.717) is 29.5 Å². The van der Waals surface area contributed by atoms with E-state index >= 15 is 0 Å². The summed E-state index contributed by atoms with van der Waals surface area (Å²) in [5.74, 6) is 1.20. The van der Waals surface area contributed by atoms with Crippen LogP contribution >= 0.6 is 0 Å². The lowest BCUT2D eigenvalue weighted by Crippen LogP contribution is -2.38. The summed E-state index contributed by atoms with van der Waals surface area (Å²) in [5, 5.41) is 2.80. The molecule has 1 saturated carbocycles. The molecule has 2 fully saturated rings. The van der Waals surface area contributed by atoms with E-state index < -0.39 is 0 Å². The van der Waals surface area contributed by atoms with Gasteiger partial charge in [0.15, 0.2) is 0 Å². The molecule has 1 aromatic carbocycles. The highest BCUT2D eigenvalue weighted by molar-refractivity contribution is 5.89. The van der Waals surface area contributed by atoms with Crippen LogP contribution in [0, 0.1) is 17.3 Å². The lowest BCUT2D eigenvalue weighted by molar-refractivity contribution is 0.209. The summed E-state index contributed by atoms with van der Waals surface area (Å²) in [4.78, 5) is 26.9. The summed E-state index contributed by atoms with van der Waals surface area (Å²) in [6.45, 7) is 6.59. The fourth-order valence-electron chi connectivity index (χ4n) is 4.03. The highest BCUT2D eigenvalue weighted by Crippen LogP contribution is 2.61. The number of rotatable bonds is 3. The van der Waals surface area contributed by atoms with Crippen LogP contribution in [0.15, 0.2) is 53.5 Å². The number of nitrogens with one attached hydrogen (secondary N) is 1. The lowest BCUT2D eigenvalue weighted by atomic mass is 10.1. The van der Waals surface area contributed by atoms with Crippen LogP contribution in [0.4, 0.5) is 10.5 Å². The molecule has 1 N–H and O–H groups in total. The quantitative estimate of drug-likeness (QED) is 0.936. The number of amides is 2. The van der Waals surface area contributed by atoms with Crippen molar-refractivity contribution in [2.45, 2.75) is 20.4 Å². The Morgan fingerprint density at radius 1 is 1.12 bits per heavy atom. The van der Waals surface area contributed by atoms with Crippen molar-refractivity contribution in [3.63, 3.8) is 0 Å². The van der Waals surface area contributed by atoms with E-state index in [-0.39, 0.29) is 11.6 Å². The number of fused-ring (bicyclic) bond motifs is 1. The predicted octanol–water partition coefficient (Wildman–Crippen LogP) is 3.02. The van der Waals surface area contributed by atoms with E-state index in [2.05, 4.69) is 19.2 Å². The average molecular weight is 337 g/mol. The van der Waals surface area contributed by atoms with Crippen LogP contribution in [-0.2, 0) is 6.54 Å². The van der Waals surface area contributed by atoms with Crippen LogP contribution in [-0.4, -0.2) is 28.6 Å². The number of piperidine rings is 1. The van der Waals surface area contributed by atoms with Gasteiger partial charge in [-0.15, -0.1) is 0 Å². The maximum Gasteiger partial charge on any atom is 0.322 e. The van der Waals surface area contributed by atoms with Crippen molar-refractivity contribution >= 4 is 11.7 Å². The Morgan fingerprint density at radius 2 is 1.80 bits per heavy atom. The SMILES string of the molecule is CC1(C)[C@@H]2CN(C(=O)Nc3cccn(Cc4ccccc4)c3=O)C[C@H]21. The molecule has 5 heteroatoms. The minimum atomic E-state index is -0.176. The van der Waals surface area contributed by atoms with Crippen molar-refractivity contribution in [2.75, 3.05) is 18.4 Å². The van der Waals surface area contributed by atoms with Gasteiger partial charge >= 0.3 is 6.03 Å². The average Bonchev–Trinajstić information content (AvgIpc) is 2.96. The zero-order chi connectivity index (χ0) is 17.6. The molecule has 0 unspecified atom stereocenters. The van der Waals surface area contributed by atoms with E-state index in [1.165, 1.54) is 0 Å². The van der Waals surface area contributed by atoms with E-state index in [1.54, 1.807) is 22.9 Å². The van der Waals surface area contributed by atoms with Gasteiger partial charge in [0.2, 0.25) is 0 Å². The number of carbonyl (C=O) groups is 1. The number of hydrogen-bond acceptors (Lipinski definition) is 2. The normalized spacial score (nSPS) is 23.2. The molecule has 1 aliphatic carbocycles. The standard InChI is InChI=1S/C20H23N3O2/c1-20(2)15-12-23(13-16(15)20)19(25)21-17-9-6-10-22(18(17)24)11-14-7-4-3-5-8-14/h3-10,15-16H,11-13H2,1-2H3,(H,21,25)/t15-,16-/m1/s1. The molecule has 4 rings (SSSR count). The van der Waals surface area contributed by atoms with Crippen molar-refractivity contribution in [2.24, 2.45) is 17.3 Å². The molecule has 0 spiro atoms. The summed E-state index contributed by atoms with van der Waals surface area (Å²) >= 11 is 0. The third kappa shape index (κ3) is 2.84. The second-order valence-electron chi connectivity index (χ2n) is 7.71. The highest BCUT2D eigenvalue weighted by atomic mass is 16.2.